The van der Waals surface area contributed by atoms with Crippen molar-refractivity contribution in [2.75, 3.05) is 13.7 Å². The first-order valence-corrected chi connectivity index (χ1v) is 8.99. The van der Waals surface area contributed by atoms with Crippen LogP contribution in [0.3, 0.4) is 0 Å². The van der Waals surface area contributed by atoms with E-state index in [1.807, 2.05) is 60.3 Å². The topological polar surface area (TPSA) is 82.8 Å². The van der Waals surface area contributed by atoms with Crippen LogP contribution in [0.1, 0.15) is 17.2 Å². The van der Waals surface area contributed by atoms with Crippen LogP contribution in [0.5, 0.6) is 0 Å². The van der Waals surface area contributed by atoms with Crippen molar-refractivity contribution in [3.05, 3.63) is 71.6 Å². The van der Waals surface area contributed by atoms with Crippen LogP contribution in [-0.2, 0) is 11.8 Å². The Morgan fingerprint density at radius 2 is 2.00 bits per heavy atom. The number of aliphatic hydroxyl groups excluding tert-OH is 1. The number of hydrogen-bond donors (Lipinski definition) is 2. The van der Waals surface area contributed by atoms with Crippen LogP contribution in [-0.4, -0.2) is 45.3 Å². The first kappa shape index (κ1) is 17.9. The van der Waals surface area contributed by atoms with E-state index in [0.717, 1.165) is 22.0 Å². The summed E-state index contributed by atoms with van der Waals surface area (Å²) in [5.41, 5.74) is 3.25. The molecule has 3 aromatic rings. The molecule has 0 bridgehead atoms. The quantitative estimate of drug-likeness (QED) is 0.684. The number of amides is 1. The van der Waals surface area contributed by atoms with Gasteiger partial charge < -0.3 is 10.4 Å². The van der Waals surface area contributed by atoms with Crippen LogP contribution in [0.4, 0.5) is 0 Å². The van der Waals surface area contributed by atoms with Crippen molar-refractivity contribution >= 4 is 28.8 Å². The summed E-state index contributed by atoms with van der Waals surface area (Å²) in [5.74, 6) is 0.247. The lowest BCUT2D eigenvalue weighted by Crippen LogP contribution is -2.29. The number of carbonyl (C=O) groups is 1. The van der Waals surface area contributed by atoms with Crippen molar-refractivity contribution in [3.8, 4) is 0 Å². The lowest BCUT2D eigenvalue weighted by Gasteiger charge is -2.13. The maximum atomic E-state index is 12.6. The molecule has 142 valence electrons. The van der Waals surface area contributed by atoms with Crippen LogP contribution in [0.2, 0.25) is 0 Å². The van der Waals surface area contributed by atoms with E-state index < -0.39 is 6.04 Å². The summed E-state index contributed by atoms with van der Waals surface area (Å²) in [4.78, 5) is 18.6. The van der Waals surface area contributed by atoms with E-state index in [1.54, 1.807) is 19.3 Å². The number of aryl methyl sites for hydroxylation is 1. The van der Waals surface area contributed by atoms with Gasteiger partial charge in [0.2, 0.25) is 5.96 Å². The molecule has 2 heterocycles. The molecule has 0 saturated carbocycles. The Morgan fingerprint density at radius 3 is 2.75 bits per heavy atom. The number of nitrogens with zero attached hydrogens (tertiary/aromatic N) is 4. The average Bonchev–Trinajstić information content (AvgIpc) is 3.21. The van der Waals surface area contributed by atoms with Crippen molar-refractivity contribution in [3.63, 3.8) is 0 Å². The van der Waals surface area contributed by atoms with Gasteiger partial charge in [-0.05, 0) is 29.3 Å². The summed E-state index contributed by atoms with van der Waals surface area (Å²) >= 11 is 0. The number of fused-ring (bicyclic) bond motifs is 1. The maximum absolute atomic E-state index is 12.6. The van der Waals surface area contributed by atoms with Gasteiger partial charge in [-0.25, -0.2) is 4.99 Å². The second-order valence-corrected chi connectivity index (χ2v) is 6.70. The molecular weight excluding hydrogens is 354 g/mol. The summed E-state index contributed by atoms with van der Waals surface area (Å²) in [6, 6.07) is 15.0. The minimum Gasteiger partial charge on any atom is -0.394 e. The third kappa shape index (κ3) is 3.27. The normalized spacial score (nSPS) is 18.2. The van der Waals surface area contributed by atoms with Gasteiger partial charge in [0.15, 0.2) is 0 Å². The number of nitrogens with one attached hydrogen (secondary N) is 1. The fourth-order valence-corrected chi connectivity index (χ4v) is 3.23. The molecule has 1 fully saturated rings. The molecule has 1 atom stereocenters. The van der Waals surface area contributed by atoms with Gasteiger partial charge in [0.05, 0.1) is 18.3 Å². The minimum atomic E-state index is -0.440. The molecule has 1 unspecified atom stereocenters. The van der Waals surface area contributed by atoms with Crippen molar-refractivity contribution in [1.82, 2.24) is 20.0 Å². The van der Waals surface area contributed by atoms with Gasteiger partial charge in [-0.15, -0.1) is 0 Å². The largest absolute Gasteiger partial charge is 0.394 e. The van der Waals surface area contributed by atoms with Crippen molar-refractivity contribution in [1.29, 1.82) is 0 Å². The minimum absolute atomic E-state index is 0.145. The highest BCUT2D eigenvalue weighted by molar-refractivity contribution is 6.15. The Balaban J connectivity index is 1.63. The Morgan fingerprint density at radius 1 is 1.21 bits per heavy atom. The highest BCUT2D eigenvalue weighted by Gasteiger charge is 2.29. The van der Waals surface area contributed by atoms with Crippen molar-refractivity contribution in [2.45, 2.75) is 6.04 Å². The summed E-state index contributed by atoms with van der Waals surface area (Å²) in [5, 5.41) is 18.1. The lowest BCUT2D eigenvalue weighted by molar-refractivity contribution is -0.121. The number of hydrogen-bond acceptors (Lipinski definition) is 4. The molecule has 2 N–H and O–H groups in total. The molecule has 1 aliphatic rings. The number of guanidine groups is 1. The summed E-state index contributed by atoms with van der Waals surface area (Å²) in [6.07, 6.45) is 3.59. The molecular formula is C21H21N5O2. The van der Waals surface area contributed by atoms with Gasteiger partial charge in [-0.1, -0.05) is 36.4 Å². The first-order chi connectivity index (χ1) is 13.6. The molecule has 2 aromatic carbocycles. The molecule has 0 aliphatic carbocycles. The molecule has 7 heteroatoms. The van der Waals surface area contributed by atoms with E-state index in [2.05, 4.69) is 15.4 Å². The molecule has 0 radical (unpaired) electrons. The van der Waals surface area contributed by atoms with E-state index in [-0.39, 0.29) is 12.5 Å². The summed E-state index contributed by atoms with van der Waals surface area (Å²) in [6.45, 7) is -0.145. The molecule has 1 aromatic heterocycles. The van der Waals surface area contributed by atoms with Crippen LogP contribution in [0.15, 0.2) is 65.4 Å². The zero-order chi connectivity index (χ0) is 19.7. The summed E-state index contributed by atoms with van der Waals surface area (Å²) < 4.78 is 1.81. The Labute approximate surface area is 162 Å². The Kier molecular flexibility index (Phi) is 4.67. The lowest BCUT2D eigenvalue weighted by atomic mass is 10.1. The number of aliphatic imine (C=N–C) groups is 1. The van der Waals surface area contributed by atoms with E-state index in [9.17, 15) is 9.90 Å². The highest BCUT2D eigenvalue weighted by atomic mass is 16.3. The number of aromatic nitrogens is 2. The number of rotatable bonds is 4. The molecule has 1 saturated heterocycles. The van der Waals surface area contributed by atoms with Gasteiger partial charge in [0.1, 0.15) is 11.7 Å². The fraction of sp³-hybridized carbons (Fsp3) is 0.190. The fourth-order valence-electron chi connectivity index (χ4n) is 3.23. The van der Waals surface area contributed by atoms with Crippen LogP contribution in [0.25, 0.3) is 17.0 Å². The number of benzene rings is 2. The van der Waals surface area contributed by atoms with Crippen LogP contribution < -0.4 is 5.32 Å². The van der Waals surface area contributed by atoms with Gasteiger partial charge in [-0.2, -0.15) is 5.10 Å². The molecule has 28 heavy (non-hydrogen) atoms. The smallest absolute Gasteiger partial charge is 0.276 e. The van der Waals surface area contributed by atoms with Gasteiger partial charge in [0, 0.05) is 19.5 Å². The molecule has 7 nitrogen and oxygen atoms in total. The standard InChI is InChI=1S/C21H21N5O2/c1-25-20(28)17(11-14-8-9-19-16(10-14)12-22-26(19)2)23-21(25)24-18(13-27)15-6-4-3-5-7-15/h3-12,18,27H,13H2,1-2H3,(H,23,24)/b17-11-. The third-order valence-corrected chi connectivity index (χ3v) is 4.82. The SMILES string of the molecule is CN1C(=O)/C(=C/c2ccc3c(cnn3C)c2)NC1=NC(CO)c1ccccc1. The van der Waals surface area contributed by atoms with E-state index in [4.69, 9.17) is 0 Å². The highest BCUT2D eigenvalue weighted by Crippen LogP contribution is 2.21. The molecule has 1 aliphatic heterocycles. The predicted octanol–water partition coefficient (Wildman–Crippen LogP) is 2.07. The number of aliphatic hydroxyl groups is 1. The number of carbonyl (C=O) groups excluding carboxylic acids is 1. The van der Waals surface area contributed by atoms with E-state index in [1.165, 1.54) is 4.90 Å². The second kappa shape index (κ2) is 7.28. The molecule has 0 spiro atoms. The van der Waals surface area contributed by atoms with Gasteiger partial charge in [0.25, 0.3) is 5.91 Å². The van der Waals surface area contributed by atoms with Gasteiger partial charge >= 0.3 is 0 Å². The third-order valence-electron chi connectivity index (χ3n) is 4.82. The zero-order valence-corrected chi connectivity index (χ0v) is 15.7. The predicted molar refractivity (Wildman–Crippen MR) is 108 cm³/mol. The Bertz CT molecular complexity index is 1080. The monoisotopic (exact) mass is 375 g/mol. The van der Waals surface area contributed by atoms with E-state index in [0.29, 0.717) is 11.7 Å². The van der Waals surface area contributed by atoms with Crippen molar-refractivity contribution in [2.24, 2.45) is 12.0 Å². The average molecular weight is 375 g/mol. The van der Waals surface area contributed by atoms with Crippen molar-refractivity contribution < 1.29 is 9.90 Å². The molecule has 1 amide bonds. The molecule has 4 rings (SSSR count). The first-order valence-electron chi connectivity index (χ1n) is 8.99. The number of likely N-dealkylation sites (N-methyl/N-ethyl adjacent to an activating group) is 1. The zero-order valence-electron chi connectivity index (χ0n) is 15.7. The summed E-state index contributed by atoms with van der Waals surface area (Å²) in [7, 11) is 3.56. The van der Waals surface area contributed by atoms with Crippen LogP contribution >= 0.6 is 0 Å². The second-order valence-electron chi connectivity index (χ2n) is 6.70. The van der Waals surface area contributed by atoms with Crippen LogP contribution in [0, 0.1) is 0 Å². The Hall–Kier alpha value is -3.45. The van der Waals surface area contributed by atoms with Gasteiger partial charge in [-0.3, -0.25) is 14.4 Å². The van der Waals surface area contributed by atoms with E-state index >= 15 is 0 Å². The maximum Gasteiger partial charge on any atom is 0.276 e.